The molecule has 0 saturated carbocycles. The molecule has 0 amide bonds. The van der Waals surface area contributed by atoms with Crippen LogP contribution in [0.15, 0.2) is 12.4 Å². The maximum Gasteiger partial charge on any atom is 0.225 e. The van der Waals surface area contributed by atoms with Crippen LogP contribution in [-0.2, 0) is 0 Å². The first-order valence-corrected chi connectivity index (χ1v) is 6.76. The number of hydrogen-bond donors (Lipinski definition) is 1. The lowest BCUT2D eigenvalue weighted by Gasteiger charge is -2.36. The summed E-state index contributed by atoms with van der Waals surface area (Å²) in [6.07, 6.45) is 5.88. The molecule has 2 N–H and O–H groups in total. The second-order valence-corrected chi connectivity index (χ2v) is 5.51. The van der Waals surface area contributed by atoms with Crippen molar-refractivity contribution < 1.29 is 0 Å². The van der Waals surface area contributed by atoms with E-state index < -0.39 is 0 Å². The first kappa shape index (κ1) is 12.0. The van der Waals surface area contributed by atoms with Crippen LogP contribution in [0.4, 0.5) is 5.95 Å². The molecule has 0 radical (unpaired) electrons. The Morgan fingerprint density at radius 3 is 2.81 bits per heavy atom. The zero-order valence-electron chi connectivity index (χ0n) is 9.43. The standard InChI is InChI=1S/C11H17IN4/c1-2-8-7-16(4-3-10(8)13)11-14-5-9(12)6-15-11/h5-6,8,10H,2-4,7,13H2,1H3. The van der Waals surface area contributed by atoms with Crippen LogP contribution in [0.2, 0.25) is 0 Å². The Hall–Kier alpha value is -0.430. The van der Waals surface area contributed by atoms with Gasteiger partial charge in [0, 0.05) is 35.1 Å². The molecule has 1 aliphatic heterocycles. The maximum atomic E-state index is 6.09. The van der Waals surface area contributed by atoms with E-state index in [4.69, 9.17) is 5.73 Å². The third-order valence-corrected chi connectivity index (χ3v) is 3.76. The second-order valence-electron chi connectivity index (χ2n) is 4.27. The van der Waals surface area contributed by atoms with Crippen LogP contribution < -0.4 is 10.6 Å². The third kappa shape index (κ3) is 2.63. The number of hydrogen-bond acceptors (Lipinski definition) is 4. The number of rotatable bonds is 2. The van der Waals surface area contributed by atoms with Crippen molar-refractivity contribution in [3.8, 4) is 0 Å². The van der Waals surface area contributed by atoms with Gasteiger partial charge in [-0.3, -0.25) is 0 Å². The molecule has 1 aliphatic rings. The first-order chi connectivity index (χ1) is 7.70. The average molecular weight is 332 g/mol. The van der Waals surface area contributed by atoms with Gasteiger partial charge < -0.3 is 10.6 Å². The van der Waals surface area contributed by atoms with E-state index in [2.05, 4.69) is 44.4 Å². The van der Waals surface area contributed by atoms with E-state index in [1.165, 1.54) is 0 Å². The van der Waals surface area contributed by atoms with Crippen molar-refractivity contribution in [3.63, 3.8) is 0 Å². The molecular formula is C11H17IN4. The largest absolute Gasteiger partial charge is 0.340 e. The highest BCUT2D eigenvalue weighted by molar-refractivity contribution is 14.1. The van der Waals surface area contributed by atoms with Crippen LogP contribution in [0, 0.1) is 9.49 Å². The summed E-state index contributed by atoms with van der Waals surface area (Å²) < 4.78 is 1.07. The minimum absolute atomic E-state index is 0.338. The van der Waals surface area contributed by atoms with Crippen molar-refractivity contribution in [2.45, 2.75) is 25.8 Å². The average Bonchev–Trinajstić information content (AvgIpc) is 2.31. The van der Waals surface area contributed by atoms with Gasteiger partial charge in [0.05, 0.1) is 0 Å². The van der Waals surface area contributed by atoms with Gasteiger partial charge in [0.1, 0.15) is 0 Å². The molecule has 0 aliphatic carbocycles. The molecule has 2 atom stereocenters. The summed E-state index contributed by atoms with van der Waals surface area (Å²) in [5, 5.41) is 0. The minimum atomic E-state index is 0.338. The van der Waals surface area contributed by atoms with Crippen LogP contribution in [0.25, 0.3) is 0 Å². The SMILES string of the molecule is CCC1CN(c2ncc(I)cn2)CCC1N. The number of nitrogens with two attached hydrogens (primary N) is 1. The lowest BCUT2D eigenvalue weighted by Crippen LogP contribution is -2.47. The Morgan fingerprint density at radius 2 is 2.19 bits per heavy atom. The molecule has 2 unspecified atom stereocenters. The van der Waals surface area contributed by atoms with E-state index >= 15 is 0 Å². The smallest absolute Gasteiger partial charge is 0.225 e. The van der Waals surface area contributed by atoms with Crippen molar-refractivity contribution in [2.75, 3.05) is 18.0 Å². The fraction of sp³-hybridized carbons (Fsp3) is 0.636. The summed E-state index contributed by atoms with van der Waals surface area (Å²) in [7, 11) is 0. The fourth-order valence-corrected chi connectivity index (χ4v) is 2.41. The number of nitrogens with zero attached hydrogens (tertiary/aromatic N) is 3. The van der Waals surface area contributed by atoms with E-state index in [1.54, 1.807) is 0 Å². The molecule has 0 aromatic carbocycles. The molecule has 1 saturated heterocycles. The summed E-state index contributed by atoms with van der Waals surface area (Å²) in [5.41, 5.74) is 6.09. The summed E-state index contributed by atoms with van der Waals surface area (Å²) in [6.45, 7) is 4.15. The molecule has 1 fully saturated rings. The summed E-state index contributed by atoms with van der Waals surface area (Å²) in [6, 6.07) is 0.338. The van der Waals surface area contributed by atoms with E-state index in [0.717, 1.165) is 35.4 Å². The van der Waals surface area contributed by atoms with Crippen molar-refractivity contribution in [3.05, 3.63) is 16.0 Å². The van der Waals surface area contributed by atoms with E-state index in [-0.39, 0.29) is 0 Å². The van der Waals surface area contributed by atoms with E-state index in [9.17, 15) is 0 Å². The molecule has 16 heavy (non-hydrogen) atoms. The molecule has 2 heterocycles. The van der Waals surface area contributed by atoms with Gasteiger partial charge in [0.25, 0.3) is 0 Å². The van der Waals surface area contributed by atoms with Crippen LogP contribution in [0.5, 0.6) is 0 Å². The molecular weight excluding hydrogens is 315 g/mol. The lowest BCUT2D eigenvalue weighted by atomic mass is 9.91. The Balaban J connectivity index is 2.08. The van der Waals surface area contributed by atoms with Crippen LogP contribution in [-0.4, -0.2) is 29.1 Å². The topological polar surface area (TPSA) is 55.0 Å². The highest BCUT2D eigenvalue weighted by Crippen LogP contribution is 2.21. The zero-order chi connectivity index (χ0) is 11.5. The van der Waals surface area contributed by atoms with Gasteiger partial charge in [0.2, 0.25) is 5.95 Å². The lowest BCUT2D eigenvalue weighted by molar-refractivity contribution is 0.345. The van der Waals surface area contributed by atoms with Crippen molar-refractivity contribution in [2.24, 2.45) is 11.7 Å². The second kappa shape index (κ2) is 5.27. The first-order valence-electron chi connectivity index (χ1n) is 5.68. The molecule has 0 bridgehead atoms. The highest BCUT2D eigenvalue weighted by Gasteiger charge is 2.26. The van der Waals surface area contributed by atoms with Crippen molar-refractivity contribution >= 4 is 28.5 Å². The zero-order valence-corrected chi connectivity index (χ0v) is 11.6. The quantitative estimate of drug-likeness (QED) is 0.837. The molecule has 2 rings (SSSR count). The van der Waals surface area contributed by atoms with Gasteiger partial charge >= 0.3 is 0 Å². The predicted octanol–water partition coefficient (Wildman–Crippen LogP) is 1.64. The highest BCUT2D eigenvalue weighted by atomic mass is 127. The van der Waals surface area contributed by atoms with Crippen LogP contribution >= 0.6 is 22.6 Å². The summed E-state index contributed by atoms with van der Waals surface area (Å²) >= 11 is 2.22. The van der Waals surface area contributed by atoms with Gasteiger partial charge in [0.15, 0.2) is 0 Å². The molecule has 1 aromatic heterocycles. The predicted molar refractivity (Wildman–Crippen MR) is 73.3 cm³/mol. The van der Waals surface area contributed by atoms with Gasteiger partial charge in [-0.1, -0.05) is 13.3 Å². The fourth-order valence-electron chi connectivity index (χ4n) is 2.13. The van der Waals surface area contributed by atoms with E-state index in [1.807, 2.05) is 12.4 Å². The molecule has 4 nitrogen and oxygen atoms in total. The van der Waals surface area contributed by atoms with Crippen LogP contribution in [0.3, 0.4) is 0 Å². The Morgan fingerprint density at radius 1 is 1.50 bits per heavy atom. The van der Waals surface area contributed by atoms with Gasteiger partial charge in [-0.2, -0.15) is 0 Å². The van der Waals surface area contributed by atoms with Gasteiger partial charge in [-0.25, -0.2) is 9.97 Å². The number of halogens is 1. The monoisotopic (exact) mass is 332 g/mol. The molecule has 88 valence electrons. The maximum absolute atomic E-state index is 6.09. The molecule has 5 heteroatoms. The van der Waals surface area contributed by atoms with Crippen molar-refractivity contribution in [1.29, 1.82) is 0 Å². The third-order valence-electron chi connectivity index (χ3n) is 3.21. The Kier molecular flexibility index (Phi) is 3.96. The normalized spacial score (nSPS) is 25.8. The van der Waals surface area contributed by atoms with Gasteiger partial charge in [-0.15, -0.1) is 0 Å². The number of aromatic nitrogens is 2. The molecule has 0 spiro atoms. The Bertz CT molecular complexity index is 340. The molecule has 1 aromatic rings. The van der Waals surface area contributed by atoms with Crippen molar-refractivity contribution in [1.82, 2.24) is 9.97 Å². The summed E-state index contributed by atoms with van der Waals surface area (Å²) in [5.74, 6) is 1.40. The Labute approximate surface area is 110 Å². The number of anilines is 1. The van der Waals surface area contributed by atoms with Crippen LogP contribution in [0.1, 0.15) is 19.8 Å². The van der Waals surface area contributed by atoms with Gasteiger partial charge in [-0.05, 0) is 34.9 Å². The minimum Gasteiger partial charge on any atom is -0.340 e. The summed E-state index contributed by atoms with van der Waals surface area (Å²) in [4.78, 5) is 11.0. The number of piperidine rings is 1. The van der Waals surface area contributed by atoms with E-state index in [0.29, 0.717) is 12.0 Å².